The van der Waals surface area contributed by atoms with E-state index in [1.54, 1.807) is 31.2 Å². The molecule has 2 aromatic rings. The summed E-state index contributed by atoms with van der Waals surface area (Å²) in [7, 11) is 1.20. The van der Waals surface area contributed by atoms with Crippen LogP contribution in [0.1, 0.15) is 24.8 Å². The molecule has 40 heavy (non-hydrogen) atoms. The van der Waals surface area contributed by atoms with Gasteiger partial charge in [0.15, 0.2) is 18.1 Å². The maximum Gasteiger partial charge on any atom is 0.330 e. The Kier molecular flexibility index (Phi) is 8.82. The molecule has 1 fully saturated rings. The minimum atomic E-state index is -1.78. The summed E-state index contributed by atoms with van der Waals surface area (Å²) in [5.74, 6) is -2.24. The number of aromatic amines is 1. The van der Waals surface area contributed by atoms with Gasteiger partial charge in [-0.15, -0.1) is 0 Å². The highest BCUT2D eigenvalue weighted by molar-refractivity contribution is 5.92. The first kappa shape index (κ1) is 29.1. The van der Waals surface area contributed by atoms with Gasteiger partial charge >= 0.3 is 5.69 Å². The number of H-pyrrole nitrogens is 1. The summed E-state index contributed by atoms with van der Waals surface area (Å²) >= 11 is 0. The number of benzene rings is 1. The first-order chi connectivity index (χ1) is 19.0. The third kappa shape index (κ3) is 5.99. The largest absolute Gasteiger partial charge is 0.456 e. The molecule has 0 unspecified atom stereocenters. The smallest absolute Gasteiger partial charge is 0.330 e. The number of hydrogen-bond donors (Lipinski definition) is 6. The molecular formula is C25H30N4O11. The average molecular weight is 563 g/mol. The van der Waals surface area contributed by atoms with Crippen LogP contribution in [0.25, 0.3) is 0 Å². The highest BCUT2D eigenvalue weighted by Crippen LogP contribution is 2.34. The maximum atomic E-state index is 12.9. The fourth-order valence-electron chi connectivity index (χ4n) is 4.48. The quantitative estimate of drug-likeness (QED) is 0.188. The van der Waals surface area contributed by atoms with Gasteiger partial charge in [-0.05, 0) is 18.6 Å². The van der Waals surface area contributed by atoms with Crippen molar-refractivity contribution < 1.29 is 43.9 Å². The molecule has 0 aliphatic carbocycles. The van der Waals surface area contributed by atoms with E-state index in [0.717, 1.165) is 28.5 Å². The van der Waals surface area contributed by atoms with Gasteiger partial charge in [0, 0.05) is 19.4 Å². The standard InChI is InChI=1S/C25H30N4O11/c1-11(12-6-4-3-5-7-12)27-22(35)14-10-13(30)16(32)24(38-14)40-20(21(26)34)19-18(37-2)17(33)23(39-19)29-9-8-15(31)28-25(29)36/h3-11,13,16-20,23-24,30,32-33H,1-2H3,(H2,26,34)(H,27,35)(H,28,31,36)/t11-,13-,16-,17+,18-,19-,20+,23+,24+/m0/s1. The second-order valence-electron chi connectivity index (χ2n) is 9.26. The SMILES string of the molecule is CO[C@H]1[C@@H](O)[C@H](n2ccc(=O)[nH]c2=O)O[C@@H]1[C@@H](O[C@H]1OC(C(=O)N[C@@H](C)c2ccccc2)=C[C@H](O)[C@@H]1O)C(N)=O. The summed E-state index contributed by atoms with van der Waals surface area (Å²) < 4.78 is 23.0. The van der Waals surface area contributed by atoms with Crippen LogP contribution in [-0.4, -0.2) is 86.7 Å². The predicted octanol–water partition coefficient (Wildman–Crippen LogP) is -2.48. The molecule has 1 aromatic heterocycles. The van der Waals surface area contributed by atoms with Crippen molar-refractivity contribution in [2.24, 2.45) is 5.73 Å². The number of aliphatic hydroxyl groups excluding tert-OH is 3. The maximum absolute atomic E-state index is 12.9. The summed E-state index contributed by atoms with van der Waals surface area (Å²) in [6.07, 6.45) is -10.5. The lowest BCUT2D eigenvalue weighted by Crippen LogP contribution is -2.54. The number of carbonyl (C=O) groups excluding carboxylic acids is 2. The molecule has 0 spiro atoms. The lowest BCUT2D eigenvalue weighted by molar-refractivity contribution is -0.241. The summed E-state index contributed by atoms with van der Waals surface area (Å²) in [5, 5.41) is 34.4. The number of aromatic nitrogens is 2. The third-order valence-corrected chi connectivity index (χ3v) is 6.57. The van der Waals surface area contributed by atoms with E-state index in [4.69, 9.17) is 24.7 Å². The number of ether oxygens (including phenoxy) is 4. The van der Waals surface area contributed by atoms with Gasteiger partial charge in [0.05, 0.1) is 6.04 Å². The number of nitrogens with zero attached hydrogens (tertiary/aromatic N) is 1. The second-order valence-corrected chi connectivity index (χ2v) is 9.26. The molecule has 15 nitrogen and oxygen atoms in total. The van der Waals surface area contributed by atoms with Crippen LogP contribution in [0.15, 0.2) is 64.0 Å². The monoisotopic (exact) mass is 562 g/mol. The number of nitrogens with two attached hydrogens (primary N) is 1. The van der Waals surface area contributed by atoms with E-state index in [-0.39, 0.29) is 5.76 Å². The molecule has 216 valence electrons. The predicted molar refractivity (Wildman–Crippen MR) is 134 cm³/mol. The number of methoxy groups -OCH3 is 1. The second kappa shape index (κ2) is 12.1. The van der Waals surface area contributed by atoms with Crippen LogP contribution in [0.4, 0.5) is 0 Å². The van der Waals surface area contributed by atoms with Crippen molar-refractivity contribution in [1.82, 2.24) is 14.9 Å². The van der Waals surface area contributed by atoms with Crippen molar-refractivity contribution in [1.29, 1.82) is 0 Å². The summed E-state index contributed by atoms with van der Waals surface area (Å²) in [5.41, 5.74) is 4.76. The zero-order valence-electron chi connectivity index (χ0n) is 21.4. The minimum absolute atomic E-state index is 0.387. The van der Waals surface area contributed by atoms with Gasteiger partial charge in [0.2, 0.25) is 12.2 Å². The first-order valence-corrected chi connectivity index (χ1v) is 12.2. The molecule has 1 aromatic carbocycles. The Labute approximate surface area is 226 Å². The number of primary amides is 1. The van der Waals surface area contributed by atoms with E-state index in [0.29, 0.717) is 0 Å². The molecule has 9 atom stereocenters. The average Bonchev–Trinajstić information content (AvgIpc) is 3.24. The summed E-state index contributed by atoms with van der Waals surface area (Å²) in [4.78, 5) is 51.1. The van der Waals surface area contributed by atoms with Gasteiger partial charge < -0.3 is 45.3 Å². The summed E-state index contributed by atoms with van der Waals surface area (Å²) in [6.45, 7) is 1.73. The Balaban J connectivity index is 1.53. The number of rotatable bonds is 9. The molecule has 2 amide bonds. The molecule has 0 saturated carbocycles. The molecule has 0 bridgehead atoms. The normalized spacial score (nSPS) is 29.6. The fraction of sp³-hybridized carbons (Fsp3) is 0.440. The lowest BCUT2D eigenvalue weighted by Gasteiger charge is -2.35. The number of nitrogens with one attached hydrogen (secondary N) is 2. The van der Waals surface area contributed by atoms with E-state index in [1.807, 2.05) is 11.1 Å². The van der Waals surface area contributed by atoms with Crippen molar-refractivity contribution in [2.75, 3.05) is 7.11 Å². The van der Waals surface area contributed by atoms with E-state index in [2.05, 4.69) is 5.32 Å². The topological polar surface area (TPSA) is 225 Å². The van der Waals surface area contributed by atoms with Crippen molar-refractivity contribution in [3.05, 3.63) is 80.8 Å². The highest BCUT2D eigenvalue weighted by Gasteiger charge is 2.52. The first-order valence-electron chi connectivity index (χ1n) is 12.2. The van der Waals surface area contributed by atoms with Crippen molar-refractivity contribution in [2.45, 2.75) is 62.1 Å². The van der Waals surface area contributed by atoms with Gasteiger partial charge in [0.1, 0.15) is 30.5 Å². The van der Waals surface area contributed by atoms with Crippen LogP contribution in [0.3, 0.4) is 0 Å². The zero-order valence-corrected chi connectivity index (χ0v) is 21.4. The Morgan fingerprint density at radius 3 is 2.45 bits per heavy atom. The van der Waals surface area contributed by atoms with Gasteiger partial charge in [-0.3, -0.25) is 23.9 Å². The Bertz CT molecular complexity index is 1360. The molecule has 15 heteroatoms. The molecule has 3 heterocycles. The molecule has 7 N–H and O–H groups in total. The van der Waals surface area contributed by atoms with Gasteiger partial charge in [0.25, 0.3) is 11.5 Å². The number of amides is 2. The van der Waals surface area contributed by atoms with Crippen LogP contribution in [0, 0.1) is 0 Å². The van der Waals surface area contributed by atoms with E-state index in [9.17, 15) is 34.5 Å². The fourth-order valence-corrected chi connectivity index (χ4v) is 4.48. The number of aliphatic hydroxyl groups is 3. The van der Waals surface area contributed by atoms with Crippen LogP contribution >= 0.6 is 0 Å². The molecule has 2 aliphatic rings. The van der Waals surface area contributed by atoms with Crippen molar-refractivity contribution in [3.63, 3.8) is 0 Å². The van der Waals surface area contributed by atoms with Gasteiger partial charge in [-0.25, -0.2) is 4.79 Å². The van der Waals surface area contributed by atoms with Crippen LogP contribution in [0.2, 0.25) is 0 Å². The van der Waals surface area contributed by atoms with E-state index < -0.39 is 78.2 Å². The van der Waals surface area contributed by atoms with E-state index in [1.165, 1.54) is 7.11 Å². The lowest BCUT2D eigenvalue weighted by atomic mass is 10.0. The Hall–Kier alpha value is -3.86. The number of carbonyl (C=O) groups is 2. The Morgan fingerprint density at radius 1 is 1.12 bits per heavy atom. The van der Waals surface area contributed by atoms with Gasteiger partial charge in [-0.2, -0.15) is 0 Å². The minimum Gasteiger partial charge on any atom is -0.456 e. The molecule has 0 radical (unpaired) electrons. The molecule has 1 saturated heterocycles. The van der Waals surface area contributed by atoms with Crippen LogP contribution in [0.5, 0.6) is 0 Å². The van der Waals surface area contributed by atoms with Crippen LogP contribution in [-0.2, 0) is 28.5 Å². The van der Waals surface area contributed by atoms with E-state index >= 15 is 0 Å². The number of hydrogen-bond acceptors (Lipinski definition) is 11. The van der Waals surface area contributed by atoms with Crippen molar-refractivity contribution >= 4 is 11.8 Å². The third-order valence-electron chi connectivity index (χ3n) is 6.57. The molecular weight excluding hydrogens is 532 g/mol. The van der Waals surface area contributed by atoms with Gasteiger partial charge in [-0.1, -0.05) is 30.3 Å². The molecule has 4 rings (SSSR count). The zero-order chi connectivity index (χ0) is 29.1. The summed E-state index contributed by atoms with van der Waals surface area (Å²) in [6, 6.07) is 9.62. The highest BCUT2D eigenvalue weighted by atomic mass is 16.7. The van der Waals surface area contributed by atoms with Crippen molar-refractivity contribution in [3.8, 4) is 0 Å². The Morgan fingerprint density at radius 2 is 1.82 bits per heavy atom. The van der Waals surface area contributed by atoms with Crippen LogP contribution < -0.4 is 22.3 Å². The molecule has 2 aliphatic heterocycles.